The van der Waals surface area contributed by atoms with E-state index < -0.39 is 23.1 Å². The lowest BCUT2D eigenvalue weighted by Gasteiger charge is -2.07. The minimum absolute atomic E-state index is 0.363. The third-order valence-electron chi connectivity index (χ3n) is 2.36. The van der Waals surface area contributed by atoms with E-state index in [1.807, 2.05) is 0 Å². The highest BCUT2D eigenvalue weighted by Gasteiger charge is 2.15. The van der Waals surface area contributed by atoms with Crippen molar-refractivity contribution in [1.29, 1.82) is 0 Å². The van der Waals surface area contributed by atoms with Gasteiger partial charge in [-0.05, 0) is 36.4 Å². The second-order valence-electron chi connectivity index (χ2n) is 3.71. The Kier molecular flexibility index (Phi) is 4.17. The molecule has 0 heterocycles. The van der Waals surface area contributed by atoms with E-state index in [1.165, 1.54) is 0 Å². The smallest absolute Gasteiger partial charge is 0.258 e. The van der Waals surface area contributed by atoms with Crippen molar-refractivity contribution >= 4 is 39.1 Å². The van der Waals surface area contributed by atoms with E-state index in [1.54, 1.807) is 24.3 Å². The van der Waals surface area contributed by atoms with Gasteiger partial charge in [-0.1, -0.05) is 27.5 Å². The number of nitrogens with one attached hydrogen (secondary N) is 1. The van der Waals surface area contributed by atoms with E-state index in [-0.39, 0.29) is 5.02 Å². The van der Waals surface area contributed by atoms with Gasteiger partial charge in [0.15, 0.2) is 0 Å². The predicted octanol–water partition coefficient (Wildman–Crippen LogP) is 4.63. The average Bonchev–Trinajstić information content (AvgIpc) is 2.36. The molecule has 0 atom stereocenters. The quantitative estimate of drug-likeness (QED) is 0.789. The Bertz CT molecular complexity index is 631. The molecule has 0 aliphatic heterocycles. The molecule has 0 fully saturated rings. The van der Waals surface area contributed by atoms with Gasteiger partial charge in [0.2, 0.25) is 0 Å². The lowest BCUT2D eigenvalue weighted by molar-refractivity contribution is 0.102. The molecule has 1 N–H and O–H groups in total. The number of halogens is 4. The van der Waals surface area contributed by atoms with Crippen molar-refractivity contribution in [2.75, 3.05) is 5.32 Å². The molecule has 2 nitrogen and oxygen atoms in total. The van der Waals surface area contributed by atoms with Crippen LogP contribution in [-0.4, -0.2) is 5.91 Å². The van der Waals surface area contributed by atoms with E-state index in [9.17, 15) is 13.6 Å². The topological polar surface area (TPSA) is 29.1 Å². The summed E-state index contributed by atoms with van der Waals surface area (Å²) in [5.41, 5.74) is 0.0766. The van der Waals surface area contributed by atoms with Crippen molar-refractivity contribution in [3.63, 3.8) is 0 Å². The van der Waals surface area contributed by atoms with Gasteiger partial charge in [0, 0.05) is 10.2 Å². The number of hydrogen-bond acceptors (Lipinski definition) is 1. The van der Waals surface area contributed by atoms with Gasteiger partial charge in [0.05, 0.1) is 10.6 Å². The van der Waals surface area contributed by atoms with Gasteiger partial charge in [-0.3, -0.25) is 4.79 Å². The van der Waals surface area contributed by atoms with Crippen molar-refractivity contribution in [1.82, 2.24) is 0 Å². The first-order valence-corrected chi connectivity index (χ1v) is 6.36. The SMILES string of the molecule is O=C(Nc1ccc(Br)cc1)c1cc(F)c(Cl)cc1F. The number of hydrogen-bond donors (Lipinski definition) is 1. The summed E-state index contributed by atoms with van der Waals surface area (Å²) in [4.78, 5) is 11.8. The third-order valence-corrected chi connectivity index (χ3v) is 3.17. The summed E-state index contributed by atoms with van der Waals surface area (Å²) in [7, 11) is 0. The van der Waals surface area contributed by atoms with Crippen LogP contribution < -0.4 is 5.32 Å². The molecule has 2 aromatic rings. The molecule has 98 valence electrons. The van der Waals surface area contributed by atoms with Crippen molar-refractivity contribution in [3.8, 4) is 0 Å². The molecule has 2 aromatic carbocycles. The standard InChI is InChI=1S/C13H7BrClF2NO/c14-7-1-3-8(4-2-7)18-13(19)9-5-12(17)10(15)6-11(9)16/h1-6H,(H,18,19). The lowest BCUT2D eigenvalue weighted by atomic mass is 10.2. The molecule has 2 rings (SSSR count). The predicted molar refractivity (Wildman–Crippen MR) is 73.5 cm³/mol. The summed E-state index contributed by atoms with van der Waals surface area (Å²) in [6, 6.07) is 8.24. The number of carbonyl (C=O) groups excluding carboxylic acids is 1. The molecule has 0 spiro atoms. The first-order valence-electron chi connectivity index (χ1n) is 5.19. The largest absolute Gasteiger partial charge is 0.322 e. The molecular formula is C13H7BrClF2NO. The van der Waals surface area contributed by atoms with Crippen LogP contribution in [0.3, 0.4) is 0 Å². The van der Waals surface area contributed by atoms with Crippen LogP contribution in [-0.2, 0) is 0 Å². The molecule has 0 aromatic heterocycles. The minimum atomic E-state index is -0.874. The van der Waals surface area contributed by atoms with Crippen LogP contribution >= 0.6 is 27.5 Å². The van der Waals surface area contributed by atoms with Gasteiger partial charge < -0.3 is 5.32 Å². The van der Waals surface area contributed by atoms with Gasteiger partial charge in [0.25, 0.3) is 5.91 Å². The Hall–Kier alpha value is -1.46. The van der Waals surface area contributed by atoms with Crippen molar-refractivity contribution in [2.45, 2.75) is 0 Å². The number of carbonyl (C=O) groups is 1. The summed E-state index contributed by atoms with van der Waals surface area (Å²) in [6.45, 7) is 0. The maximum Gasteiger partial charge on any atom is 0.258 e. The van der Waals surface area contributed by atoms with Crippen LogP contribution in [0.1, 0.15) is 10.4 Å². The minimum Gasteiger partial charge on any atom is -0.322 e. The van der Waals surface area contributed by atoms with Crippen LogP contribution in [0.2, 0.25) is 5.02 Å². The Morgan fingerprint density at radius 3 is 2.37 bits per heavy atom. The second kappa shape index (κ2) is 5.67. The summed E-state index contributed by atoms with van der Waals surface area (Å²) < 4.78 is 27.6. The number of anilines is 1. The van der Waals surface area contributed by atoms with Crippen LogP contribution in [0.5, 0.6) is 0 Å². The zero-order valence-electron chi connectivity index (χ0n) is 9.38. The van der Waals surface area contributed by atoms with E-state index in [2.05, 4.69) is 21.2 Å². The van der Waals surface area contributed by atoms with Gasteiger partial charge in [-0.15, -0.1) is 0 Å². The first kappa shape index (κ1) is 14.0. The third kappa shape index (κ3) is 3.30. The van der Waals surface area contributed by atoms with Crippen LogP contribution in [0.4, 0.5) is 14.5 Å². The van der Waals surface area contributed by atoms with Gasteiger partial charge in [-0.25, -0.2) is 8.78 Å². The fraction of sp³-hybridized carbons (Fsp3) is 0. The zero-order chi connectivity index (χ0) is 14.0. The normalized spacial score (nSPS) is 10.3. The second-order valence-corrected chi connectivity index (χ2v) is 5.03. The van der Waals surface area contributed by atoms with E-state index in [0.717, 1.165) is 16.6 Å². The molecule has 6 heteroatoms. The Labute approximate surface area is 121 Å². The molecule has 1 amide bonds. The van der Waals surface area contributed by atoms with Crippen LogP contribution in [0.15, 0.2) is 40.9 Å². The first-order chi connectivity index (χ1) is 8.97. The monoisotopic (exact) mass is 345 g/mol. The van der Waals surface area contributed by atoms with E-state index in [0.29, 0.717) is 5.69 Å². The zero-order valence-corrected chi connectivity index (χ0v) is 11.7. The maximum absolute atomic E-state index is 13.5. The molecular weight excluding hydrogens is 340 g/mol. The van der Waals surface area contributed by atoms with E-state index >= 15 is 0 Å². The summed E-state index contributed by atoms with van der Waals surface area (Å²) >= 11 is 8.67. The number of benzene rings is 2. The fourth-order valence-corrected chi connectivity index (χ4v) is 1.84. The fourth-order valence-electron chi connectivity index (χ4n) is 1.43. The highest BCUT2D eigenvalue weighted by atomic mass is 79.9. The Morgan fingerprint density at radius 1 is 1.11 bits per heavy atom. The number of amides is 1. The molecule has 0 bridgehead atoms. The maximum atomic E-state index is 13.5. The van der Waals surface area contributed by atoms with Crippen LogP contribution in [0.25, 0.3) is 0 Å². The average molecular weight is 347 g/mol. The molecule has 19 heavy (non-hydrogen) atoms. The summed E-state index contributed by atoms with van der Waals surface area (Å²) in [5.74, 6) is -2.46. The summed E-state index contributed by atoms with van der Waals surface area (Å²) in [5, 5.41) is 2.10. The summed E-state index contributed by atoms with van der Waals surface area (Å²) in [6.07, 6.45) is 0. The highest BCUT2D eigenvalue weighted by Crippen LogP contribution is 2.21. The van der Waals surface area contributed by atoms with Gasteiger partial charge in [-0.2, -0.15) is 0 Å². The lowest BCUT2D eigenvalue weighted by Crippen LogP contribution is -2.14. The Balaban J connectivity index is 2.25. The van der Waals surface area contributed by atoms with Gasteiger partial charge >= 0.3 is 0 Å². The van der Waals surface area contributed by atoms with Crippen molar-refractivity contribution in [3.05, 3.63) is 63.1 Å². The molecule has 0 unspecified atom stereocenters. The van der Waals surface area contributed by atoms with Crippen molar-refractivity contribution < 1.29 is 13.6 Å². The molecule has 0 saturated heterocycles. The van der Waals surface area contributed by atoms with Crippen LogP contribution in [0, 0.1) is 11.6 Å². The molecule has 0 aliphatic carbocycles. The molecule has 0 aliphatic rings. The van der Waals surface area contributed by atoms with E-state index in [4.69, 9.17) is 11.6 Å². The van der Waals surface area contributed by atoms with Gasteiger partial charge in [0.1, 0.15) is 11.6 Å². The van der Waals surface area contributed by atoms with Crippen molar-refractivity contribution in [2.24, 2.45) is 0 Å². The Morgan fingerprint density at radius 2 is 1.74 bits per heavy atom. The number of rotatable bonds is 2. The molecule has 0 saturated carbocycles. The highest BCUT2D eigenvalue weighted by molar-refractivity contribution is 9.10. The molecule has 0 radical (unpaired) electrons.